The monoisotopic (exact) mass is 205 g/mol. The average molecular weight is 205 g/mol. The molecule has 0 amide bonds. The van der Waals surface area contributed by atoms with E-state index in [0.717, 1.165) is 6.42 Å². The second-order valence-corrected chi connectivity index (χ2v) is 4.39. The van der Waals surface area contributed by atoms with Gasteiger partial charge in [-0.05, 0) is 41.1 Å². The van der Waals surface area contributed by atoms with Crippen LogP contribution in [0.25, 0.3) is 0 Å². The lowest BCUT2D eigenvalue weighted by Crippen LogP contribution is -2.30. The topological polar surface area (TPSA) is 40.5 Å². The third kappa shape index (κ3) is 2.43. The first-order valence-corrected chi connectivity index (χ1v) is 5.43. The molecule has 68 valence electrons. The standard InChI is InChI=1S/C7H11NO2S2/c1-2-3-6(7(9)10)8-11-4-5-12-8/h4-6H,2-3H2,1H3,(H,9,10). The van der Waals surface area contributed by atoms with E-state index >= 15 is 0 Å². The number of carboxylic acids is 1. The summed E-state index contributed by atoms with van der Waals surface area (Å²) < 4.78 is 1.81. The van der Waals surface area contributed by atoms with Crippen LogP contribution in [0.3, 0.4) is 0 Å². The molecule has 0 aliphatic carbocycles. The lowest BCUT2D eigenvalue weighted by atomic mass is 10.2. The molecule has 1 N–H and O–H groups in total. The molecule has 0 saturated heterocycles. The summed E-state index contributed by atoms with van der Waals surface area (Å²) in [6.45, 7) is 1.99. The van der Waals surface area contributed by atoms with Gasteiger partial charge in [0.2, 0.25) is 0 Å². The minimum absolute atomic E-state index is 0.361. The fourth-order valence-electron chi connectivity index (χ4n) is 0.934. The highest BCUT2D eigenvalue weighted by Crippen LogP contribution is 2.35. The Labute approximate surface area is 80.5 Å². The van der Waals surface area contributed by atoms with Crippen LogP contribution in [0.1, 0.15) is 19.8 Å². The molecule has 5 heteroatoms. The van der Waals surface area contributed by atoms with Crippen LogP contribution in [-0.4, -0.2) is 20.8 Å². The summed E-state index contributed by atoms with van der Waals surface area (Å²) in [5.74, 6) is -0.736. The second-order valence-electron chi connectivity index (χ2n) is 2.41. The average Bonchev–Trinajstić information content (AvgIpc) is 2.51. The Hall–Kier alpha value is -0.130. The zero-order valence-electron chi connectivity index (χ0n) is 6.77. The molecule has 1 aliphatic heterocycles. The van der Waals surface area contributed by atoms with Crippen LogP contribution in [-0.2, 0) is 4.79 Å². The van der Waals surface area contributed by atoms with E-state index in [1.54, 1.807) is 0 Å². The Kier molecular flexibility index (Phi) is 3.97. The number of rotatable bonds is 4. The number of hydrogen-bond donors (Lipinski definition) is 1. The van der Waals surface area contributed by atoms with Crippen LogP contribution in [0.2, 0.25) is 0 Å². The van der Waals surface area contributed by atoms with Crippen LogP contribution in [0.15, 0.2) is 10.8 Å². The normalized spacial score (nSPS) is 19.8. The molecule has 0 radical (unpaired) electrons. The largest absolute Gasteiger partial charge is 0.480 e. The molecule has 12 heavy (non-hydrogen) atoms. The Morgan fingerprint density at radius 3 is 2.58 bits per heavy atom. The number of carboxylic acid groups (broad SMARTS) is 1. The Bertz CT molecular complexity index is 188. The Morgan fingerprint density at radius 2 is 2.17 bits per heavy atom. The van der Waals surface area contributed by atoms with Crippen LogP contribution in [0.5, 0.6) is 0 Å². The smallest absolute Gasteiger partial charge is 0.322 e. The first-order chi connectivity index (χ1) is 5.75. The van der Waals surface area contributed by atoms with Gasteiger partial charge in [0.15, 0.2) is 0 Å². The van der Waals surface area contributed by atoms with E-state index in [9.17, 15) is 4.79 Å². The summed E-state index contributed by atoms with van der Waals surface area (Å²) in [4.78, 5) is 10.8. The van der Waals surface area contributed by atoms with Crippen molar-refractivity contribution in [2.24, 2.45) is 0 Å². The minimum Gasteiger partial charge on any atom is -0.480 e. The van der Waals surface area contributed by atoms with Crippen LogP contribution >= 0.6 is 23.9 Å². The highest BCUT2D eigenvalue weighted by atomic mass is 32.2. The number of hydrogen-bond acceptors (Lipinski definition) is 4. The van der Waals surface area contributed by atoms with Crippen molar-refractivity contribution in [3.05, 3.63) is 10.8 Å². The molecule has 1 unspecified atom stereocenters. The molecule has 1 heterocycles. The molecule has 0 spiro atoms. The summed E-state index contributed by atoms with van der Waals surface area (Å²) in [5.41, 5.74) is 0. The number of carbonyl (C=O) groups is 1. The molecule has 1 rings (SSSR count). The summed E-state index contributed by atoms with van der Waals surface area (Å²) >= 11 is 2.91. The molecule has 1 atom stereocenters. The second kappa shape index (κ2) is 4.79. The van der Waals surface area contributed by atoms with Gasteiger partial charge in [-0.2, -0.15) is 3.71 Å². The van der Waals surface area contributed by atoms with Gasteiger partial charge in [-0.1, -0.05) is 13.3 Å². The van der Waals surface area contributed by atoms with E-state index in [1.807, 2.05) is 21.5 Å². The molecular weight excluding hydrogens is 194 g/mol. The Morgan fingerprint density at radius 1 is 1.58 bits per heavy atom. The first kappa shape index (κ1) is 9.95. The maximum atomic E-state index is 10.8. The summed E-state index contributed by atoms with van der Waals surface area (Å²) in [6, 6.07) is -0.361. The van der Waals surface area contributed by atoms with Gasteiger partial charge in [0.05, 0.1) is 0 Å². The Balaban J connectivity index is 2.47. The van der Waals surface area contributed by atoms with Crippen molar-refractivity contribution in [2.75, 3.05) is 0 Å². The fourth-order valence-corrected chi connectivity index (χ4v) is 2.75. The summed E-state index contributed by atoms with van der Waals surface area (Å²) in [5, 5.41) is 12.7. The molecule has 0 bridgehead atoms. The predicted molar refractivity (Wildman–Crippen MR) is 52.5 cm³/mol. The number of nitrogens with zero attached hydrogens (tertiary/aromatic N) is 1. The fraction of sp³-hybridized carbons (Fsp3) is 0.571. The van der Waals surface area contributed by atoms with E-state index in [-0.39, 0.29) is 6.04 Å². The van der Waals surface area contributed by atoms with Crippen molar-refractivity contribution in [3.8, 4) is 0 Å². The molecule has 3 nitrogen and oxygen atoms in total. The van der Waals surface area contributed by atoms with E-state index in [0.29, 0.717) is 6.42 Å². The molecule has 1 aliphatic rings. The molecule has 0 aromatic rings. The molecular formula is C7H11NO2S2. The van der Waals surface area contributed by atoms with E-state index in [2.05, 4.69) is 0 Å². The highest BCUT2D eigenvalue weighted by molar-refractivity contribution is 8.17. The summed E-state index contributed by atoms with van der Waals surface area (Å²) in [7, 11) is 0. The lowest BCUT2D eigenvalue weighted by molar-refractivity contribution is -0.140. The maximum Gasteiger partial charge on any atom is 0.322 e. The third-order valence-corrected chi connectivity index (χ3v) is 3.62. The van der Waals surface area contributed by atoms with Crippen LogP contribution < -0.4 is 0 Å². The quantitative estimate of drug-likeness (QED) is 0.713. The van der Waals surface area contributed by atoms with Crippen molar-refractivity contribution in [3.63, 3.8) is 0 Å². The van der Waals surface area contributed by atoms with Gasteiger partial charge in [0, 0.05) is 0 Å². The number of aliphatic carboxylic acids is 1. The zero-order valence-corrected chi connectivity index (χ0v) is 8.40. The van der Waals surface area contributed by atoms with Gasteiger partial charge in [-0.15, -0.1) is 0 Å². The van der Waals surface area contributed by atoms with Crippen molar-refractivity contribution >= 4 is 29.9 Å². The van der Waals surface area contributed by atoms with Crippen molar-refractivity contribution in [2.45, 2.75) is 25.8 Å². The summed E-state index contributed by atoms with van der Waals surface area (Å²) in [6.07, 6.45) is 1.60. The first-order valence-electron chi connectivity index (χ1n) is 3.76. The van der Waals surface area contributed by atoms with Crippen LogP contribution in [0.4, 0.5) is 0 Å². The van der Waals surface area contributed by atoms with Gasteiger partial charge in [0.25, 0.3) is 0 Å². The minimum atomic E-state index is -0.736. The van der Waals surface area contributed by atoms with Crippen molar-refractivity contribution < 1.29 is 9.90 Å². The van der Waals surface area contributed by atoms with Gasteiger partial charge in [-0.3, -0.25) is 4.79 Å². The third-order valence-electron chi connectivity index (χ3n) is 1.49. The van der Waals surface area contributed by atoms with Crippen molar-refractivity contribution in [1.82, 2.24) is 3.71 Å². The van der Waals surface area contributed by atoms with Crippen molar-refractivity contribution in [1.29, 1.82) is 0 Å². The molecule has 0 saturated carbocycles. The lowest BCUT2D eigenvalue weighted by Gasteiger charge is -2.19. The van der Waals surface area contributed by atoms with Gasteiger partial charge in [0.1, 0.15) is 6.04 Å². The highest BCUT2D eigenvalue weighted by Gasteiger charge is 2.26. The molecule has 0 aromatic carbocycles. The predicted octanol–water partition coefficient (Wildman–Crippen LogP) is 2.32. The zero-order chi connectivity index (χ0) is 8.97. The SMILES string of the molecule is CCCC(C(=O)O)N1SC=CS1. The maximum absolute atomic E-state index is 10.8. The van der Waals surface area contributed by atoms with Gasteiger partial charge < -0.3 is 5.11 Å². The van der Waals surface area contributed by atoms with Gasteiger partial charge in [-0.25, -0.2) is 0 Å². The van der Waals surface area contributed by atoms with Gasteiger partial charge >= 0.3 is 5.97 Å². The van der Waals surface area contributed by atoms with E-state index in [4.69, 9.17) is 5.11 Å². The molecule has 0 aromatic heterocycles. The van der Waals surface area contributed by atoms with E-state index < -0.39 is 5.97 Å². The van der Waals surface area contributed by atoms with E-state index in [1.165, 1.54) is 23.9 Å². The molecule has 0 fully saturated rings. The van der Waals surface area contributed by atoms with Crippen LogP contribution in [0, 0.1) is 0 Å².